The number of aromatic amines is 2. The van der Waals surface area contributed by atoms with Crippen molar-refractivity contribution >= 4 is 23.3 Å². The maximum Gasteiger partial charge on any atom is 0.175 e. The average Bonchev–Trinajstić information content (AvgIpc) is 2.27. The number of fused-ring (bicyclic) bond motifs is 1. The van der Waals surface area contributed by atoms with Gasteiger partial charge in [-0.3, -0.25) is 4.98 Å². The second kappa shape index (κ2) is 1.91. The van der Waals surface area contributed by atoms with Gasteiger partial charge in [-0.25, -0.2) is 0 Å². The Bertz CT molecular complexity index is 364. The van der Waals surface area contributed by atoms with Crippen molar-refractivity contribution in [2.24, 2.45) is 0 Å². The molecule has 10 heavy (non-hydrogen) atoms. The van der Waals surface area contributed by atoms with Crippen molar-refractivity contribution in [3.63, 3.8) is 0 Å². The molecule has 2 aromatic rings. The molecule has 0 amide bonds. The summed E-state index contributed by atoms with van der Waals surface area (Å²) >= 11 is 4.87. The molecule has 2 rings (SSSR count). The summed E-state index contributed by atoms with van der Waals surface area (Å²) in [5.41, 5.74) is 1.95. The zero-order valence-corrected chi connectivity index (χ0v) is 5.90. The molecular weight excluding hydrogens is 146 g/mol. The Morgan fingerprint density at radius 1 is 1.30 bits per heavy atom. The summed E-state index contributed by atoms with van der Waals surface area (Å²) in [4.78, 5) is 9.86. The lowest BCUT2D eigenvalue weighted by Gasteiger charge is -1.81. The van der Waals surface area contributed by atoms with Gasteiger partial charge in [0.15, 0.2) is 4.77 Å². The second-order valence-corrected chi connectivity index (χ2v) is 2.41. The maximum atomic E-state index is 4.87. The van der Waals surface area contributed by atoms with Gasteiger partial charge in [-0.1, -0.05) is 0 Å². The minimum Gasteiger partial charge on any atom is -0.331 e. The quantitative estimate of drug-likeness (QED) is 0.562. The lowest BCUT2D eigenvalue weighted by molar-refractivity contribution is 1.29. The molecule has 2 aromatic heterocycles. The summed E-state index contributed by atoms with van der Waals surface area (Å²) < 4.78 is 0.642. The van der Waals surface area contributed by atoms with E-state index in [1.54, 1.807) is 12.4 Å². The van der Waals surface area contributed by atoms with Crippen LogP contribution < -0.4 is 0 Å². The van der Waals surface area contributed by atoms with Crippen LogP contribution in [0.3, 0.4) is 0 Å². The van der Waals surface area contributed by atoms with Gasteiger partial charge in [0.25, 0.3) is 0 Å². The third-order valence-corrected chi connectivity index (χ3v) is 1.52. The number of nitrogens with one attached hydrogen (secondary N) is 2. The molecule has 0 aliphatic rings. The first-order valence-electron chi connectivity index (χ1n) is 2.88. The van der Waals surface area contributed by atoms with Gasteiger partial charge in [0, 0.05) is 6.20 Å². The van der Waals surface area contributed by atoms with E-state index in [4.69, 9.17) is 12.2 Å². The lowest BCUT2D eigenvalue weighted by atomic mass is 10.4. The largest absolute Gasteiger partial charge is 0.331 e. The highest BCUT2D eigenvalue weighted by Crippen LogP contribution is 2.04. The molecule has 0 atom stereocenters. The van der Waals surface area contributed by atoms with Gasteiger partial charge in [0.1, 0.15) is 0 Å². The van der Waals surface area contributed by atoms with E-state index in [2.05, 4.69) is 15.0 Å². The normalized spacial score (nSPS) is 10.4. The van der Waals surface area contributed by atoms with Gasteiger partial charge in [-0.2, -0.15) is 0 Å². The first-order valence-corrected chi connectivity index (χ1v) is 3.29. The SMILES string of the molecule is S=c1[nH]c2ccncc2[nH]1. The van der Waals surface area contributed by atoms with Gasteiger partial charge in [-0.05, 0) is 18.3 Å². The third kappa shape index (κ3) is 0.733. The van der Waals surface area contributed by atoms with E-state index in [1.807, 2.05) is 6.07 Å². The zero-order chi connectivity index (χ0) is 6.97. The molecule has 0 spiro atoms. The van der Waals surface area contributed by atoms with Crippen molar-refractivity contribution < 1.29 is 0 Å². The number of nitrogens with zero attached hydrogens (tertiary/aromatic N) is 1. The molecule has 0 aliphatic heterocycles. The minimum absolute atomic E-state index is 0.642. The molecule has 50 valence electrons. The van der Waals surface area contributed by atoms with Crippen LogP contribution in [0.1, 0.15) is 0 Å². The molecular formula is C6H5N3S. The summed E-state index contributed by atoms with van der Waals surface area (Å²) in [5.74, 6) is 0. The van der Waals surface area contributed by atoms with Crippen LogP contribution in [0.15, 0.2) is 18.5 Å². The summed E-state index contributed by atoms with van der Waals surface area (Å²) in [5, 5.41) is 0. The van der Waals surface area contributed by atoms with Crippen LogP contribution in [0.2, 0.25) is 0 Å². The number of hydrogen-bond donors (Lipinski definition) is 2. The van der Waals surface area contributed by atoms with Crippen molar-refractivity contribution in [1.82, 2.24) is 15.0 Å². The van der Waals surface area contributed by atoms with Crippen LogP contribution in [-0.2, 0) is 0 Å². The molecule has 0 aromatic carbocycles. The van der Waals surface area contributed by atoms with E-state index < -0.39 is 0 Å². The highest BCUT2D eigenvalue weighted by atomic mass is 32.1. The Balaban J connectivity index is 3.01. The number of imidazole rings is 1. The standard InChI is InChI=1S/C6H5N3S/c10-6-8-4-1-2-7-3-5(4)9-6/h1-3H,(H2,8,9,10). The summed E-state index contributed by atoms with van der Waals surface area (Å²) in [6, 6.07) is 1.88. The van der Waals surface area contributed by atoms with E-state index in [0.717, 1.165) is 11.0 Å². The van der Waals surface area contributed by atoms with Gasteiger partial charge in [0.05, 0.1) is 17.2 Å². The Hall–Kier alpha value is -1.16. The molecule has 0 saturated carbocycles. The van der Waals surface area contributed by atoms with Gasteiger partial charge < -0.3 is 9.97 Å². The van der Waals surface area contributed by atoms with Crippen LogP contribution in [0.4, 0.5) is 0 Å². The number of H-pyrrole nitrogens is 2. The molecule has 0 aliphatic carbocycles. The highest BCUT2D eigenvalue weighted by Gasteiger charge is 1.91. The molecule has 3 nitrogen and oxygen atoms in total. The smallest absolute Gasteiger partial charge is 0.175 e. The van der Waals surface area contributed by atoms with E-state index in [1.165, 1.54) is 0 Å². The van der Waals surface area contributed by atoms with Gasteiger partial charge in [-0.15, -0.1) is 0 Å². The van der Waals surface area contributed by atoms with E-state index in [9.17, 15) is 0 Å². The van der Waals surface area contributed by atoms with Gasteiger partial charge >= 0.3 is 0 Å². The van der Waals surface area contributed by atoms with Gasteiger partial charge in [0.2, 0.25) is 0 Å². The third-order valence-electron chi connectivity index (χ3n) is 1.32. The van der Waals surface area contributed by atoms with Crippen LogP contribution in [0.25, 0.3) is 11.0 Å². The summed E-state index contributed by atoms with van der Waals surface area (Å²) in [6.07, 6.45) is 3.46. The summed E-state index contributed by atoms with van der Waals surface area (Å²) in [6.45, 7) is 0. The fourth-order valence-electron chi connectivity index (χ4n) is 0.879. The first-order chi connectivity index (χ1) is 4.86. The predicted octanol–water partition coefficient (Wildman–Crippen LogP) is 1.62. The molecule has 0 radical (unpaired) electrons. The first kappa shape index (κ1) is 5.61. The van der Waals surface area contributed by atoms with Crippen molar-refractivity contribution in [3.8, 4) is 0 Å². The van der Waals surface area contributed by atoms with E-state index >= 15 is 0 Å². The van der Waals surface area contributed by atoms with Crippen molar-refractivity contribution in [3.05, 3.63) is 23.2 Å². The monoisotopic (exact) mass is 151 g/mol. The number of hydrogen-bond acceptors (Lipinski definition) is 2. The minimum atomic E-state index is 0.642. The number of rotatable bonds is 0. The van der Waals surface area contributed by atoms with Crippen LogP contribution in [0, 0.1) is 4.77 Å². The van der Waals surface area contributed by atoms with Crippen molar-refractivity contribution in [2.45, 2.75) is 0 Å². The molecule has 0 saturated heterocycles. The maximum absolute atomic E-state index is 4.87. The van der Waals surface area contributed by atoms with Crippen molar-refractivity contribution in [2.75, 3.05) is 0 Å². The second-order valence-electron chi connectivity index (χ2n) is 2.00. The van der Waals surface area contributed by atoms with Crippen LogP contribution >= 0.6 is 12.2 Å². The Morgan fingerprint density at radius 3 is 2.90 bits per heavy atom. The fourth-order valence-corrected chi connectivity index (χ4v) is 1.10. The average molecular weight is 151 g/mol. The number of aromatic nitrogens is 3. The predicted molar refractivity (Wildman–Crippen MR) is 41.3 cm³/mol. The topological polar surface area (TPSA) is 44.5 Å². The van der Waals surface area contributed by atoms with Crippen LogP contribution in [0.5, 0.6) is 0 Å². The molecule has 4 heteroatoms. The highest BCUT2D eigenvalue weighted by molar-refractivity contribution is 7.71. The molecule has 0 bridgehead atoms. The van der Waals surface area contributed by atoms with E-state index in [0.29, 0.717) is 4.77 Å². The number of pyridine rings is 1. The summed E-state index contributed by atoms with van der Waals surface area (Å²) in [7, 11) is 0. The Labute approximate surface area is 62.1 Å². The Kier molecular flexibility index (Phi) is 1.07. The molecule has 0 unspecified atom stereocenters. The zero-order valence-electron chi connectivity index (χ0n) is 5.09. The lowest BCUT2D eigenvalue weighted by Crippen LogP contribution is -1.69. The van der Waals surface area contributed by atoms with Crippen molar-refractivity contribution in [1.29, 1.82) is 0 Å². The van der Waals surface area contributed by atoms with E-state index in [-0.39, 0.29) is 0 Å². The fraction of sp³-hybridized carbons (Fsp3) is 0. The molecule has 0 fully saturated rings. The molecule has 2 N–H and O–H groups in total. The van der Waals surface area contributed by atoms with Crippen LogP contribution in [-0.4, -0.2) is 15.0 Å². The Morgan fingerprint density at radius 2 is 2.10 bits per heavy atom. The molecule has 2 heterocycles.